The summed E-state index contributed by atoms with van der Waals surface area (Å²) in [6, 6.07) is 0. The maximum Gasteiger partial charge on any atom is 0.0935 e. The highest BCUT2D eigenvalue weighted by Gasteiger charge is 1.86. The number of hydrazine groups is 1. The Kier molecular flexibility index (Phi) is 4.89. The van der Waals surface area contributed by atoms with E-state index in [1.165, 1.54) is 0 Å². The molecule has 0 fully saturated rings. The summed E-state index contributed by atoms with van der Waals surface area (Å²) in [5, 5.41) is 1.15. The molecule has 0 radical (unpaired) electrons. The predicted octanol–water partition coefficient (Wildman–Crippen LogP) is -0.630. The molecule has 2 N–H and O–H groups in total. The molecule has 0 bridgehead atoms. The van der Waals surface area contributed by atoms with Crippen LogP contribution in [0.5, 0.6) is 0 Å². The lowest BCUT2D eigenvalue weighted by atomic mass is 10.8. The molecule has 0 aromatic carbocycles. The molecule has 4 nitrogen and oxygen atoms in total. The van der Waals surface area contributed by atoms with E-state index in [1.807, 2.05) is 0 Å². The van der Waals surface area contributed by atoms with Crippen LogP contribution in [0.3, 0.4) is 0 Å². The first-order valence-electron chi connectivity index (χ1n) is 2.37. The maximum atomic E-state index is 5.09. The molecule has 0 aliphatic rings. The van der Waals surface area contributed by atoms with E-state index in [2.05, 4.69) is 4.74 Å². The Morgan fingerprint density at radius 1 is 1.50 bits per heavy atom. The highest BCUT2D eigenvalue weighted by atomic mass is 16.7. The highest BCUT2D eigenvalue weighted by molar-refractivity contribution is 4.19. The average Bonchev–Trinajstić information content (AvgIpc) is 1.66. The smallest absolute Gasteiger partial charge is 0.0935 e. The largest absolute Gasteiger partial charge is 0.382 e. The first kappa shape index (κ1) is 7.84. The molecular formula is C4H12N2O2. The SMILES string of the molecule is COCCON(C)N. The van der Waals surface area contributed by atoms with Gasteiger partial charge < -0.3 is 4.74 Å². The molecule has 4 heteroatoms. The summed E-state index contributed by atoms with van der Waals surface area (Å²) in [6.07, 6.45) is 0. The van der Waals surface area contributed by atoms with Crippen molar-refractivity contribution in [2.24, 2.45) is 5.84 Å². The van der Waals surface area contributed by atoms with Gasteiger partial charge in [-0.1, -0.05) is 0 Å². The van der Waals surface area contributed by atoms with Gasteiger partial charge in [0.2, 0.25) is 0 Å². The molecule has 0 spiro atoms. The molecule has 0 rings (SSSR count). The van der Waals surface area contributed by atoms with Gasteiger partial charge in [-0.15, -0.1) is 5.17 Å². The van der Waals surface area contributed by atoms with E-state index >= 15 is 0 Å². The Balaban J connectivity index is 2.72. The molecule has 0 heterocycles. The van der Waals surface area contributed by atoms with Gasteiger partial charge in [0.1, 0.15) is 0 Å². The van der Waals surface area contributed by atoms with Crippen molar-refractivity contribution >= 4 is 0 Å². The fourth-order valence-electron chi connectivity index (χ4n) is 0.265. The van der Waals surface area contributed by atoms with Crippen molar-refractivity contribution in [3.63, 3.8) is 0 Å². The van der Waals surface area contributed by atoms with Crippen molar-refractivity contribution in [2.45, 2.75) is 0 Å². The Labute approximate surface area is 49.1 Å². The van der Waals surface area contributed by atoms with E-state index in [0.717, 1.165) is 5.17 Å². The van der Waals surface area contributed by atoms with Gasteiger partial charge in [0.05, 0.1) is 13.2 Å². The van der Waals surface area contributed by atoms with Gasteiger partial charge in [-0.2, -0.15) is 0 Å². The number of nitrogens with two attached hydrogens (primary N) is 1. The Morgan fingerprint density at radius 3 is 2.50 bits per heavy atom. The third kappa shape index (κ3) is 5.84. The second-order valence-corrected chi connectivity index (χ2v) is 1.37. The number of hydrogen-bond acceptors (Lipinski definition) is 4. The van der Waals surface area contributed by atoms with Crippen LogP contribution in [0.4, 0.5) is 0 Å². The summed E-state index contributed by atoms with van der Waals surface area (Å²) in [5.74, 6) is 5.09. The van der Waals surface area contributed by atoms with E-state index < -0.39 is 0 Å². The minimum absolute atomic E-state index is 0.503. The van der Waals surface area contributed by atoms with Gasteiger partial charge in [0.25, 0.3) is 0 Å². The van der Waals surface area contributed by atoms with Gasteiger partial charge in [0, 0.05) is 14.2 Å². The van der Waals surface area contributed by atoms with Crippen LogP contribution in [-0.2, 0) is 9.57 Å². The Bertz CT molecular complexity index is 49.3. The van der Waals surface area contributed by atoms with E-state index in [0.29, 0.717) is 13.2 Å². The third-order valence-electron chi connectivity index (χ3n) is 0.582. The fourth-order valence-corrected chi connectivity index (χ4v) is 0.265. The van der Waals surface area contributed by atoms with Crippen LogP contribution in [0.25, 0.3) is 0 Å². The van der Waals surface area contributed by atoms with Gasteiger partial charge >= 0.3 is 0 Å². The number of hydroxylamine groups is 1. The van der Waals surface area contributed by atoms with Crippen LogP contribution >= 0.6 is 0 Å². The zero-order chi connectivity index (χ0) is 6.41. The third-order valence-corrected chi connectivity index (χ3v) is 0.582. The average molecular weight is 120 g/mol. The molecule has 0 saturated heterocycles. The van der Waals surface area contributed by atoms with Crippen molar-refractivity contribution in [2.75, 3.05) is 27.4 Å². The normalized spacial score (nSPS) is 10.5. The summed E-state index contributed by atoms with van der Waals surface area (Å²) < 4.78 is 4.69. The van der Waals surface area contributed by atoms with E-state index in [-0.39, 0.29) is 0 Å². The molecular weight excluding hydrogens is 108 g/mol. The van der Waals surface area contributed by atoms with Crippen molar-refractivity contribution in [1.82, 2.24) is 5.17 Å². The second-order valence-electron chi connectivity index (χ2n) is 1.37. The molecule has 0 aromatic rings. The van der Waals surface area contributed by atoms with E-state index in [9.17, 15) is 0 Å². The number of hydrogen-bond donors (Lipinski definition) is 1. The predicted molar refractivity (Wildman–Crippen MR) is 29.8 cm³/mol. The summed E-state index contributed by atoms with van der Waals surface area (Å²) in [4.78, 5) is 4.77. The van der Waals surface area contributed by atoms with Crippen LogP contribution < -0.4 is 5.84 Å². The molecule has 0 aromatic heterocycles. The molecule has 0 amide bonds. The summed E-state index contributed by atoms with van der Waals surface area (Å²) in [5.41, 5.74) is 0. The Morgan fingerprint density at radius 2 is 2.12 bits per heavy atom. The molecule has 0 saturated carbocycles. The lowest BCUT2D eigenvalue weighted by Crippen LogP contribution is -2.27. The molecule has 0 aliphatic heterocycles. The summed E-state index contributed by atoms with van der Waals surface area (Å²) >= 11 is 0. The summed E-state index contributed by atoms with van der Waals surface area (Å²) in [6.45, 7) is 1.07. The number of ether oxygens (including phenoxy) is 1. The van der Waals surface area contributed by atoms with Gasteiger partial charge in [-0.05, 0) is 0 Å². The van der Waals surface area contributed by atoms with Crippen LogP contribution in [0.15, 0.2) is 0 Å². The standard InChI is InChI=1S/C4H12N2O2/c1-6(5)8-4-3-7-2/h3-5H2,1-2H3. The number of methoxy groups -OCH3 is 1. The molecule has 0 aliphatic carbocycles. The maximum absolute atomic E-state index is 5.09. The number of rotatable bonds is 4. The van der Waals surface area contributed by atoms with Gasteiger partial charge in [0.15, 0.2) is 0 Å². The monoisotopic (exact) mass is 120 g/mol. The molecule has 8 heavy (non-hydrogen) atoms. The lowest BCUT2D eigenvalue weighted by Gasteiger charge is -2.07. The van der Waals surface area contributed by atoms with Crippen molar-refractivity contribution in [3.05, 3.63) is 0 Å². The second kappa shape index (κ2) is 4.99. The quantitative estimate of drug-likeness (QED) is 0.305. The van der Waals surface area contributed by atoms with Crippen LogP contribution in [0.1, 0.15) is 0 Å². The molecule has 0 atom stereocenters. The lowest BCUT2D eigenvalue weighted by molar-refractivity contribution is -0.152. The van der Waals surface area contributed by atoms with Crippen molar-refractivity contribution in [1.29, 1.82) is 0 Å². The van der Waals surface area contributed by atoms with Crippen molar-refractivity contribution < 1.29 is 9.57 Å². The van der Waals surface area contributed by atoms with Gasteiger partial charge in [-0.25, -0.2) is 5.84 Å². The summed E-state index contributed by atoms with van der Waals surface area (Å²) in [7, 11) is 3.23. The zero-order valence-electron chi connectivity index (χ0n) is 5.26. The van der Waals surface area contributed by atoms with Crippen LogP contribution in [-0.4, -0.2) is 32.5 Å². The van der Waals surface area contributed by atoms with E-state index in [4.69, 9.17) is 10.7 Å². The highest BCUT2D eigenvalue weighted by Crippen LogP contribution is 1.73. The fraction of sp³-hybridized carbons (Fsp3) is 1.00. The first-order chi connectivity index (χ1) is 3.77. The Hall–Kier alpha value is -0.160. The van der Waals surface area contributed by atoms with E-state index in [1.54, 1.807) is 14.2 Å². The van der Waals surface area contributed by atoms with Crippen molar-refractivity contribution in [3.8, 4) is 0 Å². The topological polar surface area (TPSA) is 47.7 Å². The molecule has 50 valence electrons. The first-order valence-corrected chi connectivity index (χ1v) is 2.37. The molecule has 0 unspecified atom stereocenters. The minimum atomic E-state index is 0.503. The van der Waals surface area contributed by atoms with Crippen LogP contribution in [0, 0.1) is 0 Å². The van der Waals surface area contributed by atoms with Gasteiger partial charge in [-0.3, -0.25) is 4.84 Å². The van der Waals surface area contributed by atoms with Crippen LogP contribution in [0.2, 0.25) is 0 Å². The zero-order valence-corrected chi connectivity index (χ0v) is 5.26. The minimum Gasteiger partial charge on any atom is -0.382 e. The number of nitrogens with zero attached hydrogens (tertiary/aromatic N) is 1.